The van der Waals surface area contributed by atoms with Crippen LogP contribution in [0.1, 0.15) is 64.2 Å². The van der Waals surface area contributed by atoms with E-state index in [-0.39, 0.29) is 11.1 Å². The second kappa shape index (κ2) is 6.15. The average Bonchev–Trinajstić information content (AvgIpc) is 3.40. The first-order chi connectivity index (χ1) is 12.6. The van der Waals surface area contributed by atoms with Gasteiger partial charge < -0.3 is 0 Å². The molecule has 4 nitrogen and oxygen atoms in total. The van der Waals surface area contributed by atoms with Crippen molar-refractivity contribution < 1.29 is 9.59 Å². The van der Waals surface area contributed by atoms with E-state index in [4.69, 9.17) is 0 Å². The van der Waals surface area contributed by atoms with Crippen LogP contribution >= 0.6 is 35.3 Å². The Morgan fingerprint density at radius 3 is 1.50 bits per heavy atom. The highest BCUT2D eigenvalue weighted by Gasteiger charge is 2.62. The second-order valence-corrected chi connectivity index (χ2v) is 13.5. The summed E-state index contributed by atoms with van der Waals surface area (Å²) < 4.78 is 1.25. The van der Waals surface area contributed by atoms with Crippen LogP contribution in [-0.4, -0.2) is 37.5 Å². The third kappa shape index (κ3) is 2.54. The van der Waals surface area contributed by atoms with Crippen molar-refractivity contribution in [1.82, 2.24) is 0 Å². The monoisotopic (exact) mass is 408 g/mol. The number of thioether (sulfide) groups is 3. The lowest BCUT2D eigenvalue weighted by Gasteiger charge is -2.45. The summed E-state index contributed by atoms with van der Waals surface area (Å²) >= 11 is 6.45. The van der Waals surface area contributed by atoms with Crippen LogP contribution in [0.3, 0.4) is 0 Å². The molecule has 0 amide bonds. The molecule has 5 rings (SSSR count). The van der Waals surface area contributed by atoms with Gasteiger partial charge in [0.25, 0.3) is 0 Å². The van der Waals surface area contributed by atoms with Crippen molar-refractivity contribution >= 4 is 47.4 Å². The van der Waals surface area contributed by atoms with Crippen LogP contribution in [0.15, 0.2) is 9.98 Å². The fourth-order valence-electron chi connectivity index (χ4n) is 6.57. The normalized spacial score (nSPS) is 51.8. The summed E-state index contributed by atoms with van der Waals surface area (Å²) in [5, 5.41) is 1.17. The maximum atomic E-state index is 10.9. The molecule has 2 atom stereocenters. The summed E-state index contributed by atoms with van der Waals surface area (Å²) in [6.07, 6.45) is 15.0. The Kier molecular flexibility index (Phi) is 4.23. The highest BCUT2D eigenvalue weighted by molar-refractivity contribution is 8.33. The predicted molar refractivity (Wildman–Crippen MR) is 108 cm³/mol. The fourth-order valence-corrected chi connectivity index (χ4v) is 13.2. The molecule has 0 aromatic carbocycles. The zero-order chi connectivity index (χ0) is 17.9. The zero-order valence-corrected chi connectivity index (χ0v) is 17.3. The van der Waals surface area contributed by atoms with Gasteiger partial charge in [-0.15, -0.1) is 35.3 Å². The highest BCUT2D eigenvalue weighted by atomic mass is 32.3. The molecule has 0 aromatic heterocycles. The summed E-state index contributed by atoms with van der Waals surface area (Å²) in [6, 6.07) is 0. The van der Waals surface area contributed by atoms with E-state index in [1.165, 1.54) is 30.8 Å². The van der Waals surface area contributed by atoms with Crippen molar-refractivity contribution in [3.05, 3.63) is 0 Å². The lowest BCUT2D eigenvalue weighted by molar-refractivity contribution is 0.310. The molecule has 0 N–H and O–H groups in total. The molecule has 0 radical (unpaired) electrons. The average molecular weight is 409 g/mol. The SMILES string of the molecule is O=C=NC12CCC(C3SCSC(C45CCC(N=C=O)(CC4)C5)S3)(CC1)C2. The molecule has 7 heteroatoms. The van der Waals surface area contributed by atoms with E-state index in [0.717, 1.165) is 38.5 Å². The summed E-state index contributed by atoms with van der Waals surface area (Å²) in [6.45, 7) is 0. The molecular formula is C19H24N2O2S3. The van der Waals surface area contributed by atoms with Crippen molar-refractivity contribution in [2.75, 3.05) is 5.08 Å². The van der Waals surface area contributed by atoms with Gasteiger partial charge in [-0.3, -0.25) is 0 Å². The molecule has 1 aliphatic heterocycles. The molecule has 140 valence electrons. The Labute approximate surface area is 167 Å². The summed E-state index contributed by atoms with van der Waals surface area (Å²) in [4.78, 5) is 30.2. The Hall–Kier alpha value is -0.190. The molecule has 5 aliphatic rings. The van der Waals surface area contributed by atoms with Gasteiger partial charge in [0.1, 0.15) is 0 Å². The first kappa shape index (κ1) is 17.9. The summed E-state index contributed by atoms with van der Waals surface area (Å²) in [7, 11) is 0. The first-order valence-corrected chi connectivity index (χ1v) is 12.7. The van der Waals surface area contributed by atoms with Gasteiger partial charge in [-0.05, 0) is 75.0 Å². The summed E-state index contributed by atoms with van der Waals surface area (Å²) in [5.74, 6) is 0. The van der Waals surface area contributed by atoms with Gasteiger partial charge in [0.2, 0.25) is 12.2 Å². The number of carbonyl (C=O) groups excluding carboxylic acids is 2. The lowest BCUT2D eigenvalue weighted by Crippen LogP contribution is -2.35. The Bertz CT molecular complexity index is 640. The van der Waals surface area contributed by atoms with E-state index < -0.39 is 0 Å². The van der Waals surface area contributed by atoms with E-state index >= 15 is 0 Å². The third-order valence-electron chi connectivity index (χ3n) is 7.97. The predicted octanol–water partition coefficient (Wildman–Crippen LogP) is 4.89. The molecule has 4 aliphatic carbocycles. The molecule has 26 heavy (non-hydrogen) atoms. The van der Waals surface area contributed by atoms with Crippen molar-refractivity contribution in [2.24, 2.45) is 20.8 Å². The smallest absolute Gasteiger partial charge is 0.211 e. The minimum atomic E-state index is -0.0875. The fraction of sp³-hybridized carbons (Fsp3) is 0.895. The largest absolute Gasteiger partial charge is 0.235 e. The van der Waals surface area contributed by atoms with E-state index in [2.05, 4.69) is 45.3 Å². The molecule has 4 saturated carbocycles. The lowest BCUT2D eigenvalue weighted by atomic mass is 9.85. The van der Waals surface area contributed by atoms with Crippen molar-refractivity contribution in [3.63, 3.8) is 0 Å². The maximum Gasteiger partial charge on any atom is 0.235 e. The number of rotatable bonds is 4. The summed E-state index contributed by atoms with van der Waals surface area (Å²) in [5.41, 5.74) is 0.549. The number of hydrogen-bond acceptors (Lipinski definition) is 7. The van der Waals surface area contributed by atoms with Gasteiger partial charge in [-0.1, -0.05) is 0 Å². The number of aliphatic imine (C=N–C) groups is 2. The van der Waals surface area contributed by atoms with Crippen molar-refractivity contribution in [1.29, 1.82) is 0 Å². The van der Waals surface area contributed by atoms with E-state index in [0.29, 0.717) is 20.0 Å². The molecule has 0 spiro atoms. The highest BCUT2D eigenvalue weighted by Crippen LogP contribution is 2.70. The molecular weight excluding hydrogens is 384 g/mol. The minimum Gasteiger partial charge on any atom is -0.211 e. The Morgan fingerprint density at radius 1 is 0.692 bits per heavy atom. The van der Waals surface area contributed by atoms with Crippen LogP contribution in [0, 0.1) is 10.8 Å². The van der Waals surface area contributed by atoms with Crippen molar-refractivity contribution in [2.45, 2.75) is 84.5 Å². The van der Waals surface area contributed by atoms with Crippen LogP contribution in [-0.2, 0) is 9.59 Å². The topological polar surface area (TPSA) is 58.9 Å². The Balaban J connectivity index is 1.34. The van der Waals surface area contributed by atoms with Gasteiger partial charge in [0.05, 0.1) is 20.2 Å². The van der Waals surface area contributed by atoms with Crippen LogP contribution in [0.5, 0.6) is 0 Å². The second-order valence-electron chi connectivity index (χ2n) is 9.18. The number of fused-ring (bicyclic) bond motifs is 4. The molecule has 1 saturated heterocycles. The molecule has 5 fully saturated rings. The molecule has 2 unspecified atom stereocenters. The standard InChI is InChI=1S/C19H24N2O2S3/c22-11-20-18-5-1-16(9-18,2-6-18)14-24-13-25-15(26-14)17-3-7-19(10-17,8-4-17)21-12-23/h14-15H,1-10,13H2. The third-order valence-corrected chi connectivity index (χ3v) is 13.6. The van der Waals surface area contributed by atoms with Gasteiger partial charge in [0.15, 0.2) is 0 Å². The molecule has 4 bridgehead atoms. The number of isocyanates is 2. The van der Waals surface area contributed by atoms with Gasteiger partial charge in [0, 0.05) is 5.08 Å². The van der Waals surface area contributed by atoms with E-state index in [9.17, 15) is 9.59 Å². The molecule has 0 aromatic rings. The van der Waals surface area contributed by atoms with Crippen molar-refractivity contribution in [3.8, 4) is 0 Å². The van der Waals surface area contributed by atoms with Gasteiger partial charge in [-0.2, -0.15) is 9.98 Å². The van der Waals surface area contributed by atoms with Crippen LogP contribution in [0.2, 0.25) is 0 Å². The van der Waals surface area contributed by atoms with Crippen LogP contribution in [0.4, 0.5) is 0 Å². The van der Waals surface area contributed by atoms with Gasteiger partial charge >= 0.3 is 0 Å². The number of hydrogen-bond donors (Lipinski definition) is 0. The van der Waals surface area contributed by atoms with E-state index in [1.54, 1.807) is 0 Å². The maximum absolute atomic E-state index is 10.9. The van der Waals surface area contributed by atoms with Crippen LogP contribution < -0.4 is 0 Å². The quantitative estimate of drug-likeness (QED) is 0.490. The van der Waals surface area contributed by atoms with E-state index in [1.807, 2.05) is 12.2 Å². The molecule has 1 heterocycles. The van der Waals surface area contributed by atoms with Gasteiger partial charge in [-0.25, -0.2) is 9.59 Å². The zero-order valence-electron chi connectivity index (χ0n) is 14.9. The van der Waals surface area contributed by atoms with Crippen LogP contribution in [0.25, 0.3) is 0 Å². The first-order valence-electron chi connectivity index (χ1n) is 9.64. The minimum absolute atomic E-state index is 0.0875. The Morgan fingerprint density at radius 2 is 1.12 bits per heavy atom. The number of nitrogens with zero attached hydrogens (tertiary/aromatic N) is 2.